The Morgan fingerprint density at radius 2 is 2.41 bits per heavy atom. The largest absolute Gasteiger partial charge is 0.339 e. The van der Waals surface area contributed by atoms with E-state index >= 15 is 0 Å². The maximum absolute atomic E-state index is 5.31. The number of nitrogens with one attached hydrogen (secondary N) is 1. The van der Waals surface area contributed by atoms with Gasteiger partial charge in [-0.3, -0.25) is 0 Å². The second-order valence-corrected chi connectivity index (χ2v) is 6.60. The Morgan fingerprint density at radius 1 is 1.53 bits per heavy atom. The summed E-state index contributed by atoms with van der Waals surface area (Å²) in [6.07, 6.45) is 0.811. The van der Waals surface area contributed by atoms with E-state index < -0.39 is 0 Å². The molecule has 1 aliphatic rings. The van der Waals surface area contributed by atoms with E-state index in [9.17, 15) is 0 Å². The first kappa shape index (κ1) is 13.2. The number of thioether (sulfide) groups is 2. The molecule has 0 radical (unpaired) electrons. The van der Waals surface area contributed by atoms with Crippen molar-refractivity contribution in [1.29, 1.82) is 0 Å². The lowest BCUT2D eigenvalue weighted by atomic mass is 10.2. The summed E-state index contributed by atoms with van der Waals surface area (Å²) in [5.74, 6) is 5.16. The molecule has 4 nitrogen and oxygen atoms in total. The van der Waals surface area contributed by atoms with E-state index in [-0.39, 0.29) is 0 Å². The van der Waals surface area contributed by atoms with Crippen molar-refractivity contribution in [2.45, 2.75) is 31.6 Å². The first-order valence-corrected chi connectivity index (χ1v) is 8.25. The van der Waals surface area contributed by atoms with Gasteiger partial charge in [-0.05, 0) is 13.5 Å². The summed E-state index contributed by atoms with van der Waals surface area (Å²) >= 11 is 3.91. The highest BCUT2D eigenvalue weighted by atomic mass is 32.2. The highest BCUT2D eigenvalue weighted by Gasteiger charge is 2.22. The van der Waals surface area contributed by atoms with Crippen LogP contribution < -0.4 is 5.32 Å². The lowest BCUT2D eigenvalue weighted by Gasteiger charge is -2.17. The zero-order chi connectivity index (χ0) is 12.1. The van der Waals surface area contributed by atoms with Crippen LogP contribution in [-0.2, 0) is 6.42 Å². The average molecular weight is 273 g/mol. The zero-order valence-electron chi connectivity index (χ0n) is 10.3. The van der Waals surface area contributed by atoms with Crippen LogP contribution in [0.25, 0.3) is 0 Å². The van der Waals surface area contributed by atoms with E-state index in [1.807, 2.05) is 23.5 Å². The summed E-state index contributed by atoms with van der Waals surface area (Å²) in [7, 11) is 0. The predicted octanol–water partition coefficient (Wildman–Crippen LogP) is 2.13. The van der Waals surface area contributed by atoms with Crippen LogP contribution in [0.2, 0.25) is 0 Å². The van der Waals surface area contributed by atoms with Gasteiger partial charge in [0.05, 0.1) is 5.25 Å². The van der Waals surface area contributed by atoms with Gasteiger partial charge in [0.1, 0.15) is 0 Å². The van der Waals surface area contributed by atoms with Gasteiger partial charge in [-0.2, -0.15) is 16.7 Å². The minimum atomic E-state index is 0.390. The lowest BCUT2D eigenvalue weighted by molar-refractivity contribution is 0.358. The van der Waals surface area contributed by atoms with Gasteiger partial charge in [-0.15, -0.1) is 11.8 Å². The fourth-order valence-electron chi connectivity index (χ4n) is 1.80. The van der Waals surface area contributed by atoms with Crippen molar-refractivity contribution in [2.24, 2.45) is 0 Å². The van der Waals surface area contributed by atoms with E-state index in [4.69, 9.17) is 4.52 Å². The number of rotatable bonds is 5. The quantitative estimate of drug-likeness (QED) is 0.887. The molecule has 1 aromatic rings. The lowest BCUT2D eigenvalue weighted by Crippen LogP contribution is -2.27. The first-order chi connectivity index (χ1) is 8.29. The maximum Gasteiger partial charge on any atom is 0.228 e. The predicted molar refractivity (Wildman–Crippen MR) is 73.7 cm³/mol. The van der Waals surface area contributed by atoms with Crippen molar-refractivity contribution in [3.8, 4) is 0 Å². The van der Waals surface area contributed by atoms with Gasteiger partial charge in [0.25, 0.3) is 0 Å². The Balaban J connectivity index is 1.90. The molecular formula is C11H19N3OS2. The second kappa shape index (κ2) is 6.66. The number of nitrogens with zero attached hydrogens (tertiary/aromatic N) is 2. The molecule has 6 heteroatoms. The van der Waals surface area contributed by atoms with E-state index in [1.165, 1.54) is 11.5 Å². The molecular weight excluding hydrogens is 254 g/mol. The van der Waals surface area contributed by atoms with Gasteiger partial charge >= 0.3 is 0 Å². The van der Waals surface area contributed by atoms with Crippen LogP contribution >= 0.6 is 23.5 Å². The molecule has 96 valence electrons. The minimum absolute atomic E-state index is 0.390. The van der Waals surface area contributed by atoms with Crippen LogP contribution in [0, 0.1) is 0 Å². The first-order valence-electron chi connectivity index (χ1n) is 6.04. The fraction of sp³-hybridized carbons (Fsp3) is 0.818. The van der Waals surface area contributed by atoms with Gasteiger partial charge in [-0.1, -0.05) is 12.1 Å². The van der Waals surface area contributed by atoms with Crippen LogP contribution in [0.1, 0.15) is 30.8 Å². The Labute approximate surface area is 111 Å². The van der Waals surface area contributed by atoms with Crippen molar-refractivity contribution in [3.63, 3.8) is 0 Å². The summed E-state index contributed by atoms with van der Waals surface area (Å²) < 4.78 is 5.31. The fourth-order valence-corrected chi connectivity index (χ4v) is 4.39. The van der Waals surface area contributed by atoms with Gasteiger partial charge in [0, 0.05) is 29.7 Å². The van der Waals surface area contributed by atoms with Crippen LogP contribution in [0.5, 0.6) is 0 Å². The van der Waals surface area contributed by atoms with E-state index in [1.54, 1.807) is 0 Å². The SMILES string of the molecule is CCNC(C)Cc1nc(C2CSCCS2)no1. The molecule has 1 aliphatic heterocycles. The highest BCUT2D eigenvalue weighted by molar-refractivity contribution is 8.06. The molecule has 1 fully saturated rings. The van der Waals surface area contributed by atoms with Crippen LogP contribution in [0.4, 0.5) is 0 Å². The maximum atomic E-state index is 5.31. The molecule has 0 spiro atoms. The third kappa shape index (κ3) is 3.89. The Morgan fingerprint density at radius 3 is 3.12 bits per heavy atom. The minimum Gasteiger partial charge on any atom is -0.339 e. The normalized spacial score (nSPS) is 22.6. The van der Waals surface area contributed by atoms with Crippen LogP contribution in [0.15, 0.2) is 4.52 Å². The Bertz CT molecular complexity index is 339. The van der Waals surface area contributed by atoms with Crippen molar-refractivity contribution >= 4 is 23.5 Å². The molecule has 1 N–H and O–H groups in total. The smallest absolute Gasteiger partial charge is 0.228 e. The zero-order valence-corrected chi connectivity index (χ0v) is 11.9. The van der Waals surface area contributed by atoms with Gasteiger partial charge in [0.2, 0.25) is 5.89 Å². The molecule has 2 unspecified atom stereocenters. The second-order valence-electron chi connectivity index (χ2n) is 4.14. The molecule has 1 saturated heterocycles. The summed E-state index contributed by atoms with van der Waals surface area (Å²) in [4.78, 5) is 4.50. The molecule has 0 bridgehead atoms. The number of hydrogen-bond donors (Lipinski definition) is 1. The standard InChI is InChI=1S/C11H19N3OS2/c1-3-12-8(2)6-10-13-11(14-15-10)9-7-16-4-5-17-9/h8-9,12H,3-7H2,1-2H3. The molecule has 0 aliphatic carbocycles. The van der Waals surface area contributed by atoms with Crippen molar-refractivity contribution in [2.75, 3.05) is 23.8 Å². The van der Waals surface area contributed by atoms with Crippen LogP contribution in [-0.4, -0.2) is 40.0 Å². The van der Waals surface area contributed by atoms with E-state index in [0.29, 0.717) is 11.3 Å². The van der Waals surface area contributed by atoms with Crippen LogP contribution in [0.3, 0.4) is 0 Å². The summed E-state index contributed by atoms with van der Waals surface area (Å²) in [6, 6.07) is 0.390. The molecule has 2 rings (SSSR count). The summed E-state index contributed by atoms with van der Waals surface area (Å²) in [5, 5.41) is 7.87. The van der Waals surface area contributed by atoms with Gasteiger partial charge in [0.15, 0.2) is 5.82 Å². The molecule has 17 heavy (non-hydrogen) atoms. The molecule has 0 aromatic carbocycles. The number of hydrogen-bond acceptors (Lipinski definition) is 6. The third-order valence-corrected chi connectivity index (χ3v) is 5.37. The number of likely N-dealkylation sites (N-methyl/N-ethyl adjacent to an activating group) is 1. The molecule has 0 saturated carbocycles. The Hall–Kier alpha value is -0.200. The molecule has 1 aromatic heterocycles. The third-order valence-electron chi connectivity index (χ3n) is 2.62. The van der Waals surface area contributed by atoms with E-state index in [2.05, 4.69) is 29.3 Å². The topological polar surface area (TPSA) is 51.0 Å². The van der Waals surface area contributed by atoms with Crippen molar-refractivity contribution in [3.05, 3.63) is 11.7 Å². The summed E-state index contributed by atoms with van der Waals surface area (Å²) in [5.41, 5.74) is 0. The molecule has 2 heterocycles. The highest BCUT2D eigenvalue weighted by Crippen LogP contribution is 2.35. The monoisotopic (exact) mass is 273 g/mol. The Kier molecular flexibility index (Phi) is 5.18. The van der Waals surface area contributed by atoms with Crippen molar-refractivity contribution in [1.82, 2.24) is 15.5 Å². The van der Waals surface area contributed by atoms with Gasteiger partial charge < -0.3 is 9.84 Å². The molecule has 2 atom stereocenters. The average Bonchev–Trinajstić information content (AvgIpc) is 2.79. The summed E-state index contributed by atoms with van der Waals surface area (Å²) in [6.45, 7) is 5.21. The van der Waals surface area contributed by atoms with Gasteiger partial charge in [-0.25, -0.2) is 0 Å². The van der Waals surface area contributed by atoms with Crippen molar-refractivity contribution < 1.29 is 4.52 Å². The molecule has 0 amide bonds. The van der Waals surface area contributed by atoms with E-state index in [0.717, 1.165) is 30.4 Å². The number of aromatic nitrogens is 2.